The minimum Gasteiger partial charge on any atom is -0.421 e. The highest BCUT2D eigenvalue weighted by Gasteiger charge is 2.49. The predicted octanol–water partition coefficient (Wildman–Crippen LogP) is 4.89. The molecule has 5 nitrogen and oxygen atoms in total. The lowest BCUT2D eigenvalue weighted by atomic mass is 9.81. The number of ether oxygens (including phenoxy) is 1. The molecule has 4 rings (SSSR count). The van der Waals surface area contributed by atoms with Crippen LogP contribution in [-0.4, -0.2) is 17.8 Å². The maximum Gasteiger partial charge on any atom is 0.345 e. The molecule has 1 saturated carbocycles. The third kappa shape index (κ3) is 3.29. The SMILES string of the molecule is O=C(Oc1ccccc1N1C(=O)[C@H]2CCCC[C@H]2C1=O)c1ccc(Cl)cc1Cl. The number of nitrogens with zero attached hydrogens (tertiary/aromatic N) is 1. The summed E-state index contributed by atoms with van der Waals surface area (Å²) >= 11 is 11.9. The van der Waals surface area contributed by atoms with Gasteiger partial charge in [0.05, 0.1) is 28.1 Å². The number of hydrogen-bond acceptors (Lipinski definition) is 4. The van der Waals surface area contributed by atoms with Gasteiger partial charge < -0.3 is 4.74 Å². The van der Waals surface area contributed by atoms with Gasteiger partial charge in [0.15, 0.2) is 5.75 Å². The van der Waals surface area contributed by atoms with Crippen LogP contribution in [0.4, 0.5) is 5.69 Å². The Kier molecular flexibility index (Phi) is 5.13. The molecule has 2 fully saturated rings. The van der Waals surface area contributed by atoms with E-state index in [2.05, 4.69) is 0 Å². The van der Waals surface area contributed by atoms with Crippen molar-refractivity contribution in [3.63, 3.8) is 0 Å². The molecule has 7 heteroatoms. The lowest BCUT2D eigenvalue weighted by Crippen LogP contribution is -2.31. The van der Waals surface area contributed by atoms with Crippen LogP contribution >= 0.6 is 23.2 Å². The molecule has 2 aromatic rings. The first-order valence-corrected chi connectivity index (χ1v) is 9.87. The van der Waals surface area contributed by atoms with Crippen molar-refractivity contribution >= 4 is 46.7 Å². The van der Waals surface area contributed by atoms with Crippen molar-refractivity contribution in [2.45, 2.75) is 25.7 Å². The third-order valence-corrected chi connectivity index (χ3v) is 5.85. The standard InChI is InChI=1S/C21H17Cl2NO4/c22-12-9-10-15(16(23)11-12)21(27)28-18-8-4-3-7-17(18)24-19(25)13-5-1-2-6-14(13)20(24)26/h3-4,7-11,13-14H,1-2,5-6H2/t13-,14+. The van der Waals surface area contributed by atoms with Crippen LogP contribution in [0.5, 0.6) is 5.75 Å². The van der Waals surface area contributed by atoms with Crippen LogP contribution in [0.25, 0.3) is 0 Å². The summed E-state index contributed by atoms with van der Waals surface area (Å²) in [6, 6.07) is 11.0. The summed E-state index contributed by atoms with van der Waals surface area (Å²) in [5.41, 5.74) is 0.430. The van der Waals surface area contributed by atoms with E-state index in [1.807, 2.05) is 0 Å². The van der Waals surface area contributed by atoms with Gasteiger partial charge in [-0.15, -0.1) is 0 Å². The first kappa shape index (κ1) is 19.0. The van der Waals surface area contributed by atoms with Crippen LogP contribution in [0.15, 0.2) is 42.5 Å². The van der Waals surface area contributed by atoms with E-state index in [1.54, 1.807) is 24.3 Å². The molecule has 2 aromatic carbocycles. The Hall–Kier alpha value is -2.37. The summed E-state index contributed by atoms with van der Waals surface area (Å²) in [6.45, 7) is 0. The zero-order chi connectivity index (χ0) is 19.8. The average molecular weight is 418 g/mol. The van der Waals surface area contributed by atoms with Crippen LogP contribution in [-0.2, 0) is 9.59 Å². The number of esters is 1. The van der Waals surface area contributed by atoms with Crippen molar-refractivity contribution in [3.8, 4) is 5.75 Å². The highest BCUT2D eigenvalue weighted by atomic mass is 35.5. The molecule has 0 unspecified atom stereocenters. The minimum absolute atomic E-state index is 0.138. The molecular weight excluding hydrogens is 401 g/mol. The van der Waals surface area contributed by atoms with Gasteiger partial charge in [0, 0.05) is 5.02 Å². The summed E-state index contributed by atoms with van der Waals surface area (Å²) in [5.74, 6) is -1.55. The van der Waals surface area contributed by atoms with E-state index >= 15 is 0 Å². The van der Waals surface area contributed by atoms with E-state index < -0.39 is 5.97 Å². The number of benzene rings is 2. The number of halogens is 2. The first-order valence-electron chi connectivity index (χ1n) is 9.11. The molecule has 0 radical (unpaired) electrons. The third-order valence-electron chi connectivity index (χ3n) is 5.30. The van der Waals surface area contributed by atoms with Crippen LogP contribution in [0.2, 0.25) is 10.0 Å². The quantitative estimate of drug-likeness (QED) is 0.405. The molecule has 28 heavy (non-hydrogen) atoms. The average Bonchev–Trinajstić information content (AvgIpc) is 2.93. The summed E-state index contributed by atoms with van der Waals surface area (Å²) in [6.07, 6.45) is 3.32. The van der Waals surface area contributed by atoms with E-state index in [1.165, 1.54) is 23.1 Å². The number of fused-ring (bicyclic) bond motifs is 1. The van der Waals surface area contributed by atoms with Crippen molar-refractivity contribution in [3.05, 3.63) is 58.1 Å². The minimum atomic E-state index is -0.689. The molecule has 0 N–H and O–H groups in total. The van der Waals surface area contributed by atoms with Gasteiger partial charge in [0.2, 0.25) is 11.8 Å². The highest BCUT2D eigenvalue weighted by molar-refractivity contribution is 6.36. The Balaban J connectivity index is 1.65. The molecule has 0 bridgehead atoms. The van der Waals surface area contributed by atoms with Crippen LogP contribution in [0.3, 0.4) is 0 Å². The van der Waals surface area contributed by atoms with Gasteiger partial charge in [-0.05, 0) is 43.2 Å². The fraction of sp³-hybridized carbons (Fsp3) is 0.286. The molecule has 0 aromatic heterocycles. The number of imide groups is 1. The van der Waals surface area contributed by atoms with E-state index in [4.69, 9.17) is 27.9 Å². The normalized spacial score (nSPS) is 21.6. The molecule has 2 atom stereocenters. The zero-order valence-electron chi connectivity index (χ0n) is 14.9. The molecular formula is C21H17Cl2NO4. The van der Waals surface area contributed by atoms with Crippen LogP contribution in [0.1, 0.15) is 36.0 Å². The fourth-order valence-corrected chi connectivity index (χ4v) is 4.42. The van der Waals surface area contributed by atoms with Crippen molar-refractivity contribution in [1.29, 1.82) is 0 Å². The van der Waals surface area contributed by atoms with Crippen LogP contribution in [0, 0.1) is 11.8 Å². The molecule has 1 aliphatic heterocycles. The Labute approximate surface area is 172 Å². The maximum atomic E-state index is 12.9. The summed E-state index contributed by atoms with van der Waals surface area (Å²) < 4.78 is 5.50. The van der Waals surface area contributed by atoms with Gasteiger partial charge in [0.25, 0.3) is 0 Å². The molecule has 144 valence electrons. The number of hydrogen-bond donors (Lipinski definition) is 0. The molecule has 0 spiro atoms. The smallest absolute Gasteiger partial charge is 0.345 e. The van der Waals surface area contributed by atoms with E-state index in [-0.39, 0.29) is 45.7 Å². The highest BCUT2D eigenvalue weighted by Crippen LogP contribution is 2.42. The molecule has 1 aliphatic carbocycles. The largest absolute Gasteiger partial charge is 0.421 e. The maximum absolute atomic E-state index is 12.9. The molecule has 1 saturated heterocycles. The first-order chi connectivity index (χ1) is 13.5. The Bertz CT molecular complexity index is 951. The second kappa shape index (κ2) is 7.57. The predicted molar refractivity (Wildman–Crippen MR) is 106 cm³/mol. The number of para-hydroxylation sites is 2. The summed E-state index contributed by atoms with van der Waals surface area (Å²) in [7, 11) is 0. The van der Waals surface area contributed by atoms with Gasteiger partial charge >= 0.3 is 5.97 Å². The van der Waals surface area contributed by atoms with E-state index in [9.17, 15) is 14.4 Å². The van der Waals surface area contributed by atoms with Gasteiger partial charge in [-0.3, -0.25) is 9.59 Å². The molecule has 1 heterocycles. The number of anilines is 1. The second-order valence-electron chi connectivity index (χ2n) is 6.99. The Morgan fingerprint density at radius 2 is 1.61 bits per heavy atom. The topological polar surface area (TPSA) is 63.7 Å². The Morgan fingerprint density at radius 3 is 2.25 bits per heavy atom. The number of amides is 2. The Morgan fingerprint density at radius 1 is 0.964 bits per heavy atom. The van der Waals surface area contributed by atoms with Crippen molar-refractivity contribution in [2.24, 2.45) is 11.8 Å². The van der Waals surface area contributed by atoms with Crippen LogP contribution < -0.4 is 9.64 Å². The van der Waals surface area contributed by atoms with Crippen molar-refractivity contribution in [1.82, 2.24) is 0 Å². The lowest BCUT2D eigenvalue weighted by molar-refractivity contribution is -0.122. The number of carbonyl (C=O) groups is 3. The molecule has 2 amide bonds. The fourth-order valence-electron chi connectivity index (χ4n) is 3.94. The van der Waals surface area contributed by atoms with Gasteiger partial charge in [-0.25, -0.2) is 9.69 Å². The summed E-state index contributed by atoms with van der Waals surface area (Å²) in [4.78, 5) is 39.5. The number of carbonyl (C=O) groups excluding carboxylic acids is 3. The van der Waals surface area contributed by atoms with Crippen molar-refractivity contribution in [2.75, 3.05) is 4.90 Å². The summed E-state index contributed by atoms with van der Waals surface area (Å²) in [5, 5.41) is 0.562. The second-order valence-corrected chi connectivity index (χ2v) is 7.83. The zero-order valence-corrected chi connectivity index (χ0v) is 16.4. The molecule has 2 aliphatic rings. The van der Waals surface area contributed by atoms with E-state index in [0.29, 0.717) is 17.9 Å². The van der Waals surface area contributed by atoms with Gasteiger partial charge in [-0.2, -0.15) is 0 Å². The monoisotopic (exact) mass is 417 g/mol. The lowest BCUT2D eigenvalue weighted by Gasteiger charge is -2.19. The number of rotatable bonds is 3. The van der Waals surface area contributed by atoms with E-state index in [0.717, 1.165) is 12.8 Å². The van der Waals surface area contributed by atoms with Gasteiger partial charge in [-0.1, -0.05) is 48.2 Å². The van der Waals surface area contributed by atoms with Crippen molar-refractivity contribution < 1.29 is 19.1 Å². The van der Waals surface area contributed by atoms with Gasteiger partial charge in [0.1, 0.15) is 0 Å².